The molecule has 1 N–H and O–H groups in total. The van der Waals surface area contributed by atoms with Crippen LogP contribution >= 0.6 is 0 Å². The molecule has 21 heavy (non-hydrogen) atoms. The average Bonchev–Trinajstić information content (AvgIpc) is 2.71. The van der Waals surface area contributed by atoms with E-state index in [9.17, 15) is 0 Å². The predicted molar refractivity (Wildman–Crippen MR) is 95.0 cm³/mol. The van der Waals surface area contributed by atoms with E-state index in [4.69, 9.17) is 0 Å². The summed E-state index contributed by atoms with van der Waals surface area (Å²) in [6.45, 7) is 9.76. The van der Waals surface area contributed by atoms with E-state index >= 15 is 0 Å². The summed E-state index contributed by atoms with van der Waals surface area (Å²) < 4.78 is 0. The van der Waals surface area contributed by atoms with Gasteiger partial charge < -0.3 is 10.2 Å². The van der Waals surface area contributed by atoms with Gasteiger partial charge in [-0.15, -0.1) is 0 Å². The first-order valence-electron chi connectivity index (χ1n) is 9.82. The molecule has 1 aliphatic heterocycles. The SMILES string of the molecule is CCCCCCCCCCNC1CCCN(CCC)CC1. The van der Waals surface area contributed by atoms with Gasteiger partial charge in [0.2, 0.25) is 0 Å². The van der Waals surface area contributed by atoms with Gasteiger partial charge in [-0.1, -0.05) is 58.8 Å². The first-order chi connectivity index (χ1) is 10.4. The molecule has 1 rings (SSSR count). The molecule has 2 nitrogen and oxygen atoms in total. The van der Waals surface area contributed by atoms with E-state index < -0.39 is 0 Å². The molecule has 0 aliphatic carbocycles. The molecule has 0 aromatic heterocycles. The topological polar surface area (TPSA) is 15.3 Å². The highest BCUT2D eigenvalue weighted by Crippen LogP contribution is 2.12. The van der Waals surface area contributed by atoms with Gasteiger partial charge in [0.15, 0.2) is 0 Å². The standard InChI is InChI=1S/C19H40N2/c1-3-5-6-7-8-9-10-11-15-20-19-13-12-17-21(16-4-2)18-14-19/h19-20H,3-18H2,1-2H3. The van der Waals surface area contributed by atoms with Crippen LogP contribution in [0, 0.1) is 0 Å². The average molecular weight is 297 g/mol. The molecule has 0 aromatic carbocycles. The highest BCUT2D eigenvalue weighted by molar-refractivity contribution is 4.74. The van der Waals surface area contributed by atoms with Gasteiger partial charge in [0, 0.05) is 6.04 Å². The summed E-state index contributed by atoms with van der Waals surface area (Å²) in [6, 6.07) is 0.788. The lowest BCUT2D eigenvalue weighted by Crippen LogP contribution is -2.31. The lowest BCUT2D eigenvalue weighted by atomic mass is 10.1. The third-order valence-electron chi connectivity index (χ3n) is 4.82. The Balaban J connectivity index is 1.91. The number of rotatable bonds is 12. The summed E-state index contributed by atoms with van der Waals surface area (Å²) in [7, 11) is 0. The van der Waals surface area contributed by atoms with E-state index in [2.05, 4.69) is 24.1 Å². The van der Waals surface area contributed by atoms with E-state index in [1.807, 2.05) is 0 Å². The molecule has 126 valence electrons. The second kappa shape index (κ2) is 13.6. The van der Waals surface area contributed by atoms with Gasteiger partial charge in [-0.05, 0) is 58.3 Å². The van der Waals surface area contributed by atoms with E-state index in [-0.39, 0.29) is 0 Å². The van der Waals surface area contributed by atoms with Crippen molar-refractivity contribution in [2.75, 3.05) is 26.2 Å². The summed E-state index contributed by atoms with van der Waals surface area (Å²) in [4.78, 5) is 2.65. The summed E-state index contributed by atoms with van der Waals surface area (Å²) in [5.41, 5.74) is 0. The van der Waals surface area contributed by atoms with Crippen LogP contribution in [-0.4, -0.2) is 37.1 Å². The van der Waals surface area contributed by atoms with Crippen molar-refractivity contribution < 1.29 is 0 Å². The molecule has 0 bridgehead atoms. The van der Waals surface area contributed by atoms with Crippen molar-refractivity contribution in [3.8, 4) is 0 Å². The molecule has 0 aromatic rings. The van der Waals surface area contributed by atoms with E-state index in [1.54, 1.807) is 0 Å². The maximum absolute atomic E-state index is 3.81. The quantitative estimate of drug-likeness (QED) is 0.511. The molecule has 0 saturated carbocycles. The maximum Gasteiger partial charge on any atom is 0.00797 e. The number of hydrogen-bond acceptors (Lipinski definition) is 2. The van der Waals surface area contributed by atoms with Gasteiger partial charge >= 0.3 is 0 Å². The third-order valence-corrected chi connectivity index (χ3v) is 4.82. The van der Waals surface area contributed by atoms with Gasteiger partial charge in [0.25, 0.3) is 0 Å². The fourth-order valence-corrected chi connectivity index (χ4v) is 3.46. The number of likely N-dealkylation sites (tertiary alicyclic amines) is 1. The van der Waals surface area contributed by atoms with Crippen molar-refractivity contribution in [2.24, 2.45) is 0 Å². The third kappa shape index (κ3) is 10.3. The van der Waals surface area contributed by atoms with Crippen LogP contribution in [0.5, 0.6) is 0 Å². The lowest BCUT2D eigenvalue weighted by Gasteiger charge is -2.19. The zero-order valence-electron chi connectivity index (χ0n) is 14.8. The van der Waals surface area contributed by atoms with Crippen molar-refractivity contribution in [3.63, 3.8) is 0 Å². The Morgan fingerprint density at radius 2 is 1.52 bits per heavy atom. The Morgan fingerprint density at radius 3 is 2.24 bits per heavy atom. The van der Waals surface area contributed by atoms with Gasteiger partial charge in [-0.2, -0.15) is 0 Å². The summed E-state index contributed by atoms with van der Waals surface area (Å²) >= 11 is 0. The van der Waals surface area contributed by atoms with Crippen molar-refractivity contribution in [2.45, 2.75) is 96.9 Å². The molecule has 0 spiro atoms. The van der Waals surface area contributed by atoms with E-state index in [0.717, 1.165) is 6.04 Å². The molecular weight excluding hydrogens is 256 g/mol. The van der Waals surface area contributed by atoms with Gasteiger partial charge in [0.1, 0.15) is 0 Å². The highest BCUT2D eigenvalue weighted by Gasteiger charge is 2.15. The van der Waals surface area contributed by atoms with Crippen molar-refractivity contribution in [1.82, 2.24) is 10.2 Å². The number of nitrogens with one attached hydrogen (secondary N) is 1. The maximum atomic E-state index is 3.81. The molecule has 1 fully saturated rings. The van der Waals surface area contributed by atoms with Crippen LogP contribution in [-0.2, 0) is 0 Å². The minimum atomic E-state index is 0.788. The zero-order chi connectivity index (χ0) is 15.2. The molecule has 1 unspecified atom stereocenters. The first kappa shape index (κ1) is 19.0. The Bertz CT molecular complexity index is 218. The zero-order valence-corrected chi connectivity index (χ0v) is 14.8. The largest absolute Gasteiger partial charge is 0.314 e. The van der Waals surface area contributed by atoms with E-state index in [1.165, 1.54) is 103 Å². The summed E-state index contributed by atoms with van der Waals surface area (Å²) in [5.74, 6) is 0. The second-order valence-electron chi connectivity index (χ2n) is 6.90. The normalized spacial score (nSPS) is 20.6. The Morgan fingerprint density at radius 1 is 0.810 bits per heavy atom. The number of hydrogen-bond donors (Lipinski definition) is 1. The van der Waals surface area contributed by atoms with E-state index in [0.29, 0.717) is 0 Å². The first-order valence-corrected chi connectivity index (χ1v) is 9.82. The molecule has 1 aliphatic rings. The van der Waals surface area contributed by atoms with Crippen LogP contribution in [0.25, 0.3) is 0 Å². The minimum absolute atomic E-state index is 0.788. The molecule has 0 radical (unpaired) electrons. The highest BCUT2D eigenvalue weighted by atomic mass is 15.1. The van der Waals surface area contributed by atoms with Gasteiger partial charge in [-0.25, -0.2) is 0 Å². The summed E-state index contributed by atoms with van der Waals surface area (Å²) in [5, 5.41) is 3.81. The van der Waals surface area contributed by atoms with Crippen LogP contribution < -0.4 is 5.32 Å². The second-order valence-corrected chi connectivity index (χ2v) is 6.90. The molecular formula is C19H40N2. The Labute approximate surface area is 134 Å². The van der Waals surface area contributed by atoms with Crippen molar-refractivity contribution in [3.05, 3.63) is 0 Å². The van der Waals surface area contributed by atoms with Gasteiger partial charge in [-0.3, -0.25) is 0 Å². The smallest absolute Gasteiger partial charge is 0.00797 e. The molecule has 1 saturated heterocycles. The molecule has 2 heteroatoms. The molecule has 0 amide bonds. The minimum Gasteiger partial charge on any atom is -0.314 e. The fraction of sp³-hybridized carbons (Fsp3) is 1.00. The van der Waals surface area contributed by atoms with Crippen LogP contribution in [0.1, 0.15) is 90.9 Å². The number of unbranched alkanes of at least 4 members (excludes halogenated alkanes) is 7. The monoisotopic (exact) mass is 296 g/mol. The molecule has 1 heterocycles. The lowest BCUT2D eigenvalue weighted by molar-refractivity contribution is 0.282. The number of nitrogens with zero attached hydrogens (tertiary/aromatic N) is 1. The van der Waals surface area contributed by atoms with Crippen LogP contribution in [0.3, 0.4) is 0 Å². The predicted octanol–water partition coefficient (Wildman–Crippen LogP) is 4.98. The van der Waals surface area contributed by atoms with Gasteiger partial charge in [0.05, 0.1) is 0 Å². The van der Waals surface area contributed by atoms with Crippen LogP contribution in [0.4, 0.5) is 0 Å². The fourth-order valence-electron chi connectivity index (χ4n) is 3.46. The summed E-state index contributed by atoms with van der Waals surface area (Å²) in [6.07, 6.45) is 16.8. The molecule has 1 atom stereocenters. The Hall–Kier alpha value is -0.0800. The van der Waals surface area contributed by atoms with Crippen LogP contribution in [0.15, 0.2) is 0 Å². The van der Waals surface area contributed by atoms with Crippen LogP contribution in [0.2, 0.25) is 0 Å². The Kier molecular flexibility index (Phi) is 12.3. The van der Waals surface area contributed by atoms with Crippen molar-refractivity contribution in [1.29, 1.82) is 0 Å². The van der Waals surface area contributed by atoms with Crippen molar-refractivity contribution >= 4 is 0 Å².